The molecule has 0 aliphatic heterocycles. The number of aromatic nitrogens is 3. The lowest BCUT2D eigenvalue weighted by Crippen LogP contribution is -2.25. The van der Waals surface area contributed by atoms with Crippen LogP contribution in [0, 0.1) is 6.92 Å². The molecule has 6 heteroatoms. The van der Waals surface area contributed by atoms with Crippen LogP contribution >= 0.6 is 11.3 Å². The number of rotatable bonds is 5. The molecular weight excluding hydrogens is 356 g/mol. The second-order valence-corrected chi connectivity index (χ2v) is 7.39. The molecule has 0 radical (unpaired) electrons. The van der Waals surface area contributed by atoms with E-state index in [0.717, 1.165) is 34.1 Å². The van der Waals surface area contributed by atoms with Gasteiger partial charge in [-0.05, 0) is 35.9 Å². The summed E-state index contributed by atoms with van der Waals surface area (Å²) in [5.41, 5.74) is 5.72. The van der Waals surface area contributed by atoms with Crippen molar-refractivity contribution < 1.29 is 4.79 Å². The normalized spacial score (nSPS) is 11.0. The van der Waals surface area contributed by atoms with Gasteiger partial charge in [0.25, 0.3) is 5.91 Å². The zero-order valence-corrected chi connectivity index (χ0v) is 16.1. The Morgan fingerprint density at radius 1 is 1.22 bits per heavy atom. The van der Waals surface area contributed by atoms with Crippen molar-refractivity contribution in [3.05, 3.63) is 70.3 Å². The van der Waals surface area contributed by atoms with Gasteiger partial charge in [-0.3, -0.25) is 9.48 Å². The highest BCUT2D eigenvalue weighted by Crippen LogP contribution is 2.28. The summed E-state index contributed by atoms with van der Waals surface area (Å²) >= 11 is 1.63. The number of hydrogen-bond acceptors (Lipinski definition) is 4. The maximum absolute atomic E-state index is 12.5. The minimum absolute atomic E-state index is 0.0509. The summed E-state index contributed by atoms with van der Waals surface area (Å²) in [4.78, 5) is 18.0. The molecule has 5 nitrogen and oxygen atoms in total. The highest BCUT2D eigenvalue weighted by Gasteiger charge is 2.11. The van der Waals surface area contributed by atoms with Gasteiger partial charge in [-0.15, -0.1) is 11.3 Å². The standard InChI is InChI=1S/C21H20N4OS/c1-14-20(27-13-23-14)9-10-22-21(26)16-6-7-17-15(12-16)4-3-5-18(17)19-8-11-24-25(19)2/h3-8,11-13H,9-10H2,1-2H3,(H,22,26). The molecule has 0 unspecified atom stereocenters. The third-order valence-electron chi connectivity index (χ3n) is 4.72. The van der Waals surface area contributed by atoms with Crippen LogP contribution in [-0.2, 0) is 13.5 Å². The quantitative estimate of drug-likeness (QED) is 0.573. The van der Waals surface area contributed by atoms with Crippen molar-refractivity contribution in [2.24, 2.45) is 7.05 Å². The summed E-state index contributed by atoms with van der Waals surface area (Å²) in [5, 5.41) is 9.41. The van der Waals surface area contributed by atoms with Crippen molar-refractivity contribution in [1.82, 2.24) is 20.1 Å². The lowest BCUT2D eigenvalue weighted by Gasteiger charge is -2.09. The van der Waals surface area contributed by atoms with Gasteiger partial charge >= 0.3 is 0 Å². The maximum Gasteiger partial charge on any atom is 0.251 e. The smallest absolute Gasteiger partial charge is 0.251 e. The van der Waals surface area contributed by atoms with Crippen LogP contribution in [0.3, 0.4) is 0 Å². The number of benzene rings is 2. The fraction of sp³-hybridized carbons (Fsp3) is 0.190. The van der Waals surface area contributed by atoms with Crippen LogP contribution in [-0.4, -0.2) is 27.2 Å². The van der Waals surface area contributed by atoms with E-state index in [0.29, 0.717) is 12.1 Å². The van der Waals surface area contributed by atoms with Crippen molar-refractivity contribution in [3.63, 3.8) is 0 Å². The van der Waals surface area contributed by atoms with Crippen molar-refractivity contribution >= 4 is 28.0 Å². The summed E-state index contributed by atoms with van der Waals surface area (Å²) in [5.74, 6) is -0.0509. The number of hydrogen-bond donors (Lipinski definition) is 1. The number of nitrogens with one attached hydrogen (secondary N) is 1. The Labute approximate surface area is 161 Å². The van der Waals surface area contributed by atoms with Gasteiger partial charge in [0.15, 0.2) is 0 Å². The number of carbonyl (C=O) groups excluding carboxylic acids is 1. The molecule has 0 saturated carbocycles. The van der Waals surface area contributed by atoms with E-state index in [-0.39, 0.29) is 5.91 Å². The molecule has 2 heterocycles. The minimum atomic E-state index is -0.0509. The van der Waals surface area contributed by atoms with E-state index in [4.69, 9.17) is 0 Å². The molecule has 0 bridgehead atoms. The Hall–Kier alpha value is -2.99. The van der Waals surface area contributed by atoms with E-state index in [1.807, 2.05) is 60.6 Å². The van der Waals surface area contributed by atoms with Gasteiger partial charge in [0, 0.05) is 42.2 Å². The molecule has 4 aromatic rings. The third-order valence-corrected chi connectivity index (χ3v) is 5.72. The Morgan fingerprint density at radius 2 is 2.11 bits per heavy atom. The van der Waals surface area contributed by atoms with Crippen LogP contribution in [0.4, 0.5) is 0 Å². The number of aryl methyl sites for hydroxylation is 2. The van der Waals surface area contributed by atoms with Gasteiger partial charge in [0.1, 0.15) is 0 Å². The lowest BCUT2D eigenvalue weighted by molar-refractivity contribution is 0.0954. The number of carbonyl (C=O) groups is 1. The molecule has 0 spiro atoms. The first-order chi connectivity index (χ1) is 13.1. The maximum atomic E-state index is 12.5. The molecular formula is C21H20N4OS. The average Bonchev–Trinajstić information content (AvgIpc) is 3.29. The molecule has 2 aromatic carbocycles. The van der Waals surface area contributed by atoms with Crippen LogP contribution in [0.25, 0.3) is 22.0 Å². The predicted octanol–water partition coefficient (Wildman–Crippen LogP) is 3.98. The van der Waals surface area contributed by atoms with Gasteiger partial charge < -0.3 is 5.32 Å². The fourth-order valence-corrected chi connectivity index (χ4v) is 4.03. The van der Waals surface area contributed by atoms with Crippen molar-refractivity contribution in [3.8, 4) is 11.3 Å². The van der Waals surface area contributed by atoms with Crippen LogP contribution in [0.2, 0.25) is 0 Å². The van der Waals surface area contributed by atoms with Gasteiger partial charge in [-0.1, -0.05) is 24.3 Å². The highest BCUT2D eigenvalue weighted by molar-refractivity contribution is 7.09. The van der Waals surface area contributed by atoms with Crippen molar-refractivity contribution in [2.75, 3.05) is 6.54 Å². The number of fused-ring (bicyclic) bond motifs is 1. The number of nitrogens with zero attached hydrogens (tertiary/aromatic N) is 3. The molecule has 1 amide bonds. The Balaban J connectivity index is 1.54. The first kappa shape index (κ1) is 17.4. The van der Waals surface area contributed by atoms with Gasteiger partial charge in [-0.25, -0.2) is 4.98 Å². The molecule has 4 rings (SSSR count). The zero-order valence-electron chi connectivity index (χ0n) is 15.3. The molecule has 0 aliphatic carbocycles. The summed E-state index contributed by atoms with van der Waals surface area (Å²) in [6.45, 7) is 2.60. The topological polar surface area (TPSA) is 59.8 Å². The molecule has 0 atom stereocenters. The molecule has 136 valence electrons. The second-order valence-electron chi connectivity index (χ2n) is 6.45. The summed E-state index contributed by atoms with van der Waals surface area (Å²) in [6.07, 6.45) is 2.60. The first-order valence-electron chi connectivity index (χ1n) is 8.82. The van der Waals surface area contributed by atoms with Gasteiger partial charge in [0.2, 0.25) is 0 Å². The number of amides is 1. The Bertz CT molecular complexity index is 1110. The molecule has 0 fully saturated rings. The van der Waals surface area contributed by atoms with Crippen LogP contribution in [0.5, 0.6) is 0 Å². The molecule has 27 heavy (non-hydrogen) atoms. The van der Waals surface area contributed by atoms with E-state index in [9.17, 15) is 4.79 Å². The SMILES string of the molecule is Cc1ncsc1CCNC(=O)c1ccc2c(-c3ccnn3C)cccc2c1. The molecule has 2 aromatic heterocycles. The van der Waals surface area contributed by atoms with Crippen LogP contribution < -0.4 is 5.32 Å². The average molecular weight is 376 g/mol. The van der Waals surface area contributed by atoms with Crippen LogP contribution in [0.1, 0.15) is 20.9 Å². The number of thiazole rings is 1. The molecule has 1 N–H and O–H groups in total. The minimum Gasteiger partial charge on any atom is -0.352 e. The molecule has 0 aliphatic rings. The lowest BCUT2D eigenvalue weighted by atomic mass is 10.00. The first-order valence-corrected chi connectivity index (χ1v) is 9.70. The Morgan fingerprint density at radius 3 is 2.85 bits per heavy atom. The van der Waals surface area contributed by atoms with Crippen molar-refractivity contribution in [1.29, 1.82) is 0 Å². The summed E-state index contributed by atoms with van der Waals surface area (Å²) < 4.78 is 1.86. The summed E-state index contributed by atoms with van der Waals surface area (Å²) in [7, 11) is 1.93. The molecule has 0 saturated heterocycles. The van der Waals surface area contributed by atoms with E-state index < -0.39 is 0 Å². The van der Waals surface area contributed by atoms with Crippen molar-refractivity contribution in [2.45, 2.75) is 13.3 Å². The van der Waals surface area contributed by atoms with E-state index in [2.05, 4.69) is 21.5 Å². The monoisotopic (exact) mass is 376 g/mol. The van der Waals surface area contributed by atoms with E-state index in [1.54, 1.807) is 17.5 Å². The zero-order chi connectivity index (χ0) is 18.8. The third kappa shape index (κ3) is 3.48. The summed E-state index contributed by atoms with van der Waals surface area (Å²) in [6, 6.07) is 14.0. The van der Waals surface area contributed by atoms with Crippen LogP contribution in [0.15, 0.2) is 54.2 Å². The Kier molecular flexibility index (Phi) is 4.73. The van der Waals surface area contributed by atoms with E-state index >= 15 is 0 Å². The van der Waals surface area contributed by atoms with Gasteiger partial charge in [-0.2, -0.15) is 5.10 Å². The van der Waals surface area contributed by atoms with E-state index in [1.165, 1.54) is 4.88 Å². The highest BCUT2D eigenvalue weighted by atomic mass is 32.1. The van der Waals surface area contributed by atoms with Gasteiger partial charge in [0.05, 0.1) is 16.9 Å². The fourth-order valence-electron chi connectivity index (χ4n) is 3.24. The predicted molar refractivity (Wildman–Crippen MR) is 109 cm³/mol. The second kappa shape index (κ2) is 7.32. The largest absolute Gasteiger partial charge is 0.352 e.